The van der Waals surface area contributed by atoms with Crippen molar-refractivity contribution in [2.24, 2.45) is 0 Å². The van der Waals surface area contributed by atoms with Gasteiger partial charge in [-0.15, -0.1) is 0 Å². The molecule has 0 aliphatic rings. The van der Waals surface area contributed by atoms with E-state index in [0.29, 0.717) is 0 Å². The Morgan fingerprint density at radius 2 is 1.91 bits per heavy atom. The number of rotatable bonds is 5. The molecular weight excluding hydrogens is 199 g/mol. The summed E-state index contributed by atoms with van der Waals surface area (Å²) in [5.74, 6) is 0. The molecule has 0 aliphatic carbocycles. The molecule has 0 heterocycles. The third-order valence-electron chi connectivity index (χ3n) is 0.527. The summed E-state index contributed by atoms with van der Waals surface area (Å²) >= 11 is -2.43. The van der Waals surface area contributed by atoms with Crippen LogP contribution in [0.4, 0.5) is 0 Å². The van der Waals surface area contributed by atoms with Gasteiger partial charge in [-0.2, -0.15) is 4.21 Å². The van der Waals surface area contributed by atoms with E-state index in [1.54, 1.807) is 0 Å². The lowest BCUT2D eigenvalue weighted by molar-refractivity contribution is 0.161. The second-order valence-electron chi connectivity index (χ2n) is 1.36. The zero-order valence-corrected chi connectivity index (χ0v) is 6.96. The smallest absolute Gasteiger partial charge is 0.303 e. The number of phosphoric ester groups is 1. The van der Waals surface area contributed by atoms with Gasteiger partial charge < -0.3 is 9.79 Å². The molecule has 11 heavy (non-hydrogen) atoms. The van der Waals surface area contributed by atoms with Crippen molar-refractivity contribution in [2.75, 3.05) is 13.2 Å². The van der Waals surface area contributed by atoms with E-state index in [4.69, 9.17) is 14.3 Å². The van der Waals surface area contributed by atoms with Gasteiger partial charge in [0, 0.05) is 0 Å². The predicted molar refractivity (Wildman–Crippen MR) is 34.7 cm³/mol. The Morgan fingerprint density at radius 1 is 1.36 bits per heavy atom. The summed E-state index contributed by atoms with van der Waals surface area (Å²) in [5.41, 5.74) is 0. The Morgan fingerprint density at radius 3 is 2.27 bits per heavy atom. The van der Waals surface area contributed by atoms with E-state index in [2.05, 4.69) is 8.71 Å². The van der Waals surface area contributed by atoms with Crippen molar-refractivity contribution in [1.82, 2.24) is 0 Å². The Hall–Kier alpha value is 0.180. The zero-order chi connectivity index (χ0) is 8.91. The van der Waals surface area contributed by atoms with Crippen LogP contribution in [0, 0.1) is 0 Å². The molecule has 0 fully saturated rings. The minimum Gasteiger partial charge on any atom is -0.303 e. The van der Waals surface area contributed by atoms with Gasteiger partial charge in [-0.1, -0.05) is 0 Å². The predicted octanol–water partition coefficient (Wildman–Crippen LogP) is -0.751. The normalized spacial score (nSPS) is 14.8. The second kappa shape index (κ2) is 4.94. The van der Waals surface area contributed by atoms with Gasteiger partial charge in [0.15, 0.2) is 0 Å². The van der Waals surface area contributed by atoms with Crippen LogP contribution >= 0.6 is 7.82 Å². The molecule has 0 aromatic heterocycles. The van der Waals surface area contributed by atoms with Crippen LogP contribution in [-0.4, -0.2) is 31.8 Å². The minimum absolute atomic E-state index is 0.353. The molecule has 0 radical (unpaired) electrons. The lowest BCUT2D eigenvalue weighted by atomic mass is 10.8. The van der Waals surface area contributed by atoms with Crippen LogP contribution in [-0.2, 0) is 24.6 Å². The first kappa shape index (κ1) is 11.2. The quantitative estimate of drug-likeness (QED) is 0.308. The van der Waals surface area contributed by atoms with Gasteiger partial charge in [0.25, 0.3) is 0 Å². The molecule has 0 spiro atoms. The lowest BCUT2D eigenvalue weighted by Gasteiger charge is -2.02. The number of phosphoric acid groups is 1. The molecule has 0 saturated heterocycles. The monoisotopic (exact) mass is 206 g/mol. The van der Waals surface area contributed by atoms with Crippen molar-refractivity contribution in [3.05, 3.63) is 0 Å². The van der Waals surface area contributed by atoms with Gasteiger partial charge in [-0.25, -0.2) is 4.57 Å². The third kappa shape index (κ3) is 10.2. The molecule has 0 saturated carbocycles. The first-order valence-corrected chi connectivity index (χ1v) is 4.92. The summed E-state index contributed by atoms with van der Waals surface area (Å²) in [6.45, 7) is -0.787. The largest absolute Gasteiger partial charge is 0.469 e. The molecule has 1 atom stereocenters. The highest BCUT2D eigenvalue weighted by Gasteiger charge is 2.12. The first-order valence-electron chi connectivity index (χ1n) is 2.36. The second-order valence-corrected chi connectivity index (χ2v) is 3.27. The fourth-order valence-electron chi connectivity index (χ4n) is 0.261. The molecule has 7 nitrogen and oxygen atoms in total. The fourth-order valence-corrected chi connectivity index (χ4v) is 0.784. The number of hydrogen-bond acceptors (Lipinski definition) is 4. The molecule has 1 unspecified atom stereocenters. The van der Waals surface area contributed by atoms with E-state index in [-0.39, 0.29) is 6.61 Å². The van der Waals surface area contributed by atoms with Crippen LogP contribution < -0.4 is 0 Å². The fraction of sp³-hybridized carbons (Fsp3) is 1.00. The van der Waals surface area contributed by atoms with Gasteiger partial charge >= 0.3 is 19.2 Å². The van der Waals surface area contributed by atoms with E-state index in [1.807, 2.05) is 0 Å². The Balaban J connectivity index is 3.29. The Labute approximate surface area is 65.1 Å². The van der Waals surface area contributed by atoms with E-state index >= 15 is 0 Å². The van der Waals surface area contributed by atoms with Crippen LogP contribution in [0.1, 0.15) is 0 Å². The van der Waals surface area contributed by atoms with E-state index in [9.17, 15) is 8.77 Å². The van der Waals surface area contributed by atoms with Crippen molar-refractivity contribution < 1.29 is 31.8 Å². The summed E-state index contributed by atoms with van der Waals surface area (Å²) in [4.78, 5) is 16.2. The maximum absolute atomic E-state index is 9.95. The minimum atomic E-state index is -4.49. The first-order chi connectivity index (χ1) is 4.92. The van der Waals surface area contributed by atoms with Crippen LogP contribution in [0.2, 0.25) is 0 Å². The topological polar surface area (TPSA) is 113 Å². The molecule has 0 aliphatic heterocycles. The highest BCUT2D eigenvalue weighted by atomic mass is 32.2. The maximum atomic E-state index is 9.95. The standard InChI is InChI=1S/C2H7O7PS/c3-10(4,5)8-1-2-9-11(6)7/h1-2H2,(H,6,7)(H2,3,4,5). The molecule has 9 heteroatoms. The summed E-state index contributed by atoms with van der Waals surface area (Å²) in [7, 11) is -4.49. The maximum Gasteiger partial charge on any atom is 0.469 e. The molecule has 3 N–H and O–H groups in total. The van der Waals surface area contributed by atoms with E-state index < -0.39 is 25.8 Å². The highest BCUT2D eigenvalue weighted by Crippen LogP contribution is 2.35. The summed E-state index contributed by atoms with van der Waals surface area (Å²) in [5, 5.41) is 0. The van der Waals surface area contributed by atoms with E-state index in [1.165, 1.54) is 0 Å². The molecule has 0 rings (SSSR count). The van der Waals surface area contributed by atoms with Gasteiger partial charge in [-0.3, -0.25) is 13.3 Å². The van der Waals surface area contributed by atoms with Crippen LogP contribution in [0.5, 0.6) is 0 Å². The molecule has 0 amide bonds. The molecule has 68 valence electrons. The van der Waals surface area contributed by atoms with Crippen LogP contribution in [0.15, 0.2) is 0 Å². The van der Waals surface area contributed by atoms with Crippen LogP contribution in [0.3, 0.4) is 0 Å². The molecular formula is C2H7O7PS. The van der Waals surface area contributed by atoms with Gasteiger partial charge in [0.2, 0.25) is 0 Å². The zero-order valence-electron chi connectivity index (χ0n) is 5.24. The van der Waals surface area contributed by atoms with Crippen LogP contribution in [0.25, 0.3) is 0 Å². The molecule has 0 bridgehead atoms. The molecule has 0 aromatic carbocycles. The SMILES string of the molecule is O=S(O)OCCOP(=O)(O)O. The Kier molecular flexibility index (Phi) is 5.02. The lowest BCUT2D eigenvalue weighted by Crippen LogP contribution is -2.04. The van der Waals surface area contributed by atoms with Gasteiger partial charge in [0.1, 0.15) is 0 Å². The van der Waals surface area contributed by atoms with Gasteiger partial charge in [-0.05, 0) is 0 Å². The molecule has 0 aromatic rings. The van der Waals surface area contributed by atoms with Crippen molar-refractivity contribution >= 4 is 19.2 Å². The third-order valence-corrected chi connectivity index (χ3v) is 1.41. The highest BCUT2D eigenvalue weighted by molar-refractivity contribution is 7.74. The van der Waals surface area contributed by atoms with E-state index in [0.717, 1.165) is 0 Å². The Bertz CT molecular complexity index is 173. The van der Waals surface area contributed by atoms with Crippen molar-refractivity contribution in [3.8, 4) is 0 Å². The van der Waals surface area contributed by atoms with Gasteiger partial charge in [0.05, 0.1) is 13.2 Å². The average molecular weight is 206 g/mol. The van der Waals surface area contributed by atoms with Crippen molar-refractivity contribution in [2.45, 2.75) is 0 Å². The summed E-state index contributed by atoms with van der Waals surface area (Å²) in [6.07, 6.45) is 0. The van der Waals surface area contributed by atoms with Crippen molar-refractivity contribution in [3.63, 3.8) is 0 Å². The summed E-state index contributed by atoms with van der Waals surface area (Å²) < 4.78 is 35.6. The van der Waals surface area contributed by atoms with Crippen molar-refractivity contribution in [1.29, 1.82) is 0 Å². The average Bonchev–Trinajstić information content (AvgIpc) is 1.78. The number of hydrogen-bond donors (Lipinski definition) is 3. The summed E-state index contributed by atoms with van der Waals surface area (Å²) in [6, 6.07) is 0.